The number of carbonyl (C=O) groups is 3. The van der Waals surface area contributed by atoms with Crippen LogP contribution in [0.4, 0.5) is 5.69 Å². The van der Waals surface area contributed by atoms with Crippen LogP contribution in [-0.2, 0) is 30.3 Å². The first-order valence-corrected chi connectivity index (χ1v) is 17.2. The molecule has 44 heavy (non-hydrogen) atoms. The highest BCUT2D eigenvalue weighted by Crippen LogP contribution is 2.25. The number of ether oxygens (including phenoxy) is 2. The van der Waals surface area contributed by atoms with Gasteiger partial charge in [-0.3, -0.25) is 9.59 Å². The number of hydrogen-bond acceptors (Lipinski definition) is 6. The second kappa shape index (κ2) is 22.7. The number of halogens is 2. The molecule has 2 aromatic carbocycles. The first-order valence-electron chi connectivity index (χ1n) is 16.1. The van der Waals surface area contributed by atoms with E-state index in [0.29, 0.717) is 30.4 Å². The Kier molecular flexibility index (Phi) is 19.3. The second-order valence-corrected chi connectivity index (χ2v) is 11.7. The zero-order chi connectivity index (χ0) is 32.0. The van der Waals surface area contributed by atoms with Crippen molar-refractivity contribution in [2.45, 2.75) is 96.6 Å². The fourth-order valence-corrected chi connectivity index (χ4v) is 5.46. The molecule has 2 rings (SSSR count). The van der Waals surface area contributed by atoms with Gasteiger partial charge in [0.15, 0.2) is 12.1 Å². The summed E-state index contributed by atoms with van der Waals surface area (Å²) in [6.45, 7) is 5.36. The first-order chi connectivity index (χ1) is 21.4. The zero-order valence-electron chi connectivity index (χ0n) is 26.4. The van der Waals surface area contributed by atoms with E-state index in [4.69, 9.17) is 32.7 Å². The molecule has 0 saturated carbocycles. The molecule has 2 atom stereocenters. The van der Waals surface area contributed by atoms with Gasteiger partial charge in [-0.15, -0.1) is 23.2 Å². The van der Waals surface area contributed by atoms with Gasteiger partial charge in [0.2, 0.25) is 5.91 Å². The number of nitrogens with one attached hydrogen (secondary N) is 1. The minimum atomic E-state index is -1.20. The van der Waals surface area contributed by atoms with E-state index in [-0.39, 0.29) is 25.4 Å². The molecule has 0 fully saturated rings. The van der Waals surface area contributed by atoms with Crippen LogP contribution in [0.5, 0.6) is 0 Å². The smallest absolute Gasteiger partial charge is 0.332 e. The van der Waals surface area contributed by atoms with Crippen molar-refractivity contribution in [2.24, 2.45) is 0 Å². The maximum atomic E-state index is 13.2. The highest BCUT2D eigenvalue weighted by Gasteiger charge is 2.35. The van der Waals surface area contributed by atoms with Crippen LogP contribution in [0.1, 0.15) is 95.3 Å². The number of anilines is 1. The van der Waals surface area contributed by atoms with Gasteiger partial charge >= 0.3 is 11.9 Å². The third-order valence-electron chi connectivity index (χ3n) is 7.41. The van der Waals surface area contributed by atoms with Crippen LogP contribution in [0.15, 0.2) is 54.6 Å². The number of esters is 2. The van der Waals surface area contributed by atoms with Crippen LogP contribution < -0.4 is 10.2 Å². The Morgan fingerprint density at radius 2 is 1.39 bits per heavy atom. The summed E-state index contributed by atoms with van der Waals surface area (Å²) in [6.07, 6.45) is 9.50. The van der Waals surface area contributed by atoms with Gasteiger partial charge < -0.3 is 19.7 Å². The Labute approximate surface area is 274 Å². The van der Waals surface area contributed by atoms with Crippen molar-refractivity contribution in [1.29, 1.82) is 0 Å². The predicted molar refractivity (Wildman–Crippen MR) is 179 cm³/mol. The number of alkyl halides is 2. The molecule has 0 aliphatic carbocycles. The Hall–Kier alpha value is -2.77. The topological polar surface area (TPSA) is 84.9 Å². The molecule has 0 radical (unpaired) electrons. The number of benzene rings is 2. The normalized spacial score (nSPS) is 12.3. The van der Waals surface area contributed by atoms with Crippen molar-refractivity contribution in [2.75, 3.05) is 36.4 Å². The Morgan fingerprint density at radius 3 is 1.95 bits per heavy atom. The van der Waals surface area contributed by atoms with E-state index in [1.54, 1.807) is 31.2 Å². The molecule has 9 heteroatoms. The lowest BCUT2D eigenvalue weighted by molar-refractivity contribution is -0.160. The predicted octanol–water partition coefficient (Wildman–Crippen LogP) is 7.77. The molecule has 7 nitrogen and oxygen atoms in total. The van der Waals surface area contributed by atoms with E-state index in [1.165, 1.54) is 38.5 Å². The molecule has 2 aromatic rings. The van der Waals surface area contributed by atoms with Gasteiger partial charge in [0, 0.05) is 37.0 Å². The summed E-state index contributed by atoms with van der Waals surface area (Å²) in [5.74, 6) is -0.492. The highest BCUT2D eigenvalue weighted by atomic mass is 35.5. The molecule has 0 spiro atoms. The monoisotopic (exact) mass is 648 g/mol. The molecule has 1 amide bonds. The molecule has 0 aliphatic rings. The standard InChI is InChI=1S/C35H50Cl2N2O5/c1-3-5-6-7-8-9-10-11-15-18-32(41)44-34(29-16-13-12-14-17-29)33(35(42)43-4-2)38-31(40)27-28-19-21-30(22-20-28)39(25-23-36)26-24-37/h12-14,16-17,19-22,33-34H,3-11,15,18,23-27H2,1-2H3,(H,38,40). The average molecular weight is 650 g/mol. The summed E-state index contributed by atoms with van der Waals surface area (Å²) in [4.78, 5) is 41.4. The van der Waals surface area contributed by atoms with E-state index in [1.807, 2.05) is 30.3 Å². The van der Waals surface area contributed by atoms with Crippen molar-refractivity contribution in [3.63, 3.8) is 0 Å². The molecule has 0 aliphatic heterocycles. The van der Waals surface area contributed by atoms with Gasteiger partial charge in [0.1, 0.15) is 0 Å². The summed E-state index contributed by atoms with van der Waals surface area (Å²) in [7, 11) is 0. The van der Waals surface area contributed by atoms with Crippen LogP contribution in [0.3, 0.4) is 0 Å². The number of amides is 1. The van der Waals surface area contributed by atoms with Gasteiger partial charge in [-0.25, -0.2) is 4.79 Å². The summed E-state index contributed by atoms with van der Waals surface area (Å²) in [5.41, 5.74) is 2.33. The maximum absolute atomic E-state index is 13.2. The minimum Gasteiger partial charge on any atom is -0.464 e. The van der Waals surface area contributed by atoms with Gasteiger partial charge in [-0.1, -0.05) is 101 Å². The fourth-order valence-electron chi connectivity index (χ4n) is 5.05. The molecule has 0 aromatic heterocycles. The van der Waals surface area contributed by atoms with E-state index >= 15 is 0 Å². The van der Waals surface area contributed by atoms with Crippen molar-refractivity contribution in [3.8, 4) is 0 Å². The van der Waals surface area contributed by atoms with Crippen LogP contribution in [-0.4, -0.2) is 55.3 Å². The molecule has 1 N–H and O–H groups in total. The quantitative estimate of drug-likeness (QED) is 0.0753. The summed E-state index contributed by atoms with van der Waals surface area (Å²) >= 11 is 11.9. The lowest BCUT2D eigenvalue weighted by atomic mass is 10.0. The first kappa shape index (κ1) is 37.4. The average Bonchev–Trinajstić information content (AvgIpc) is 3.02. The zero-order valence-corrected chi connectivity index (χ0v) is 27.9. The Balaban J connectivity index is 2.06. The summed E-state index contributed by atoms with van der Waals surface area (Å²) in [5, 5.41) is 2.80. The van der Waals surface area contributed by atoms with Gasteiger partial charge in [-0.05, 0) is 36.6 Å². The molecule has 0 saturated heterocycles. The molecule has 2 unspecified atom stereocenters. The van der Waals surface area contributed by atoms with Crippen molar-refractivity contribution < 1.29 is 23.9 Å². The van der Waals surface area contributed by atoms with Gasteiger partial charge in [0.25, 0.3) is 0 Å². The number of carbonyl (C=O) groups excluding carboxylic acids is 3. The van der Waals surface area contributed by atoms with E-state index in [0.717, 1.165) is 30.5 Å². The number of nitrogens with zero attached hydrogens (tertiary/aromatic N) is 1. The summed E-state index contributed by atoms with van der Waals surface area (Å²) < 4.78 is 11.2. The SMILES string of the molecule is CCCCCCCCCCCC(=O)OC(c1ccccc1)C(NC(=O)Cc1ccc(N(CCCl)CCCl)cc1)C(=O)OCC. The third kappa shape index (κ3) is 14.3. The molecule has 0 heterocycles. The number of unbranched alkanes of at least 4 members (excludes halogenated alkanes) is 8. The van der Waals surface area contributed by atoms with E-state index < -0.39 is 24.1 Å². The lowest BCUT2D eigenvalue weighted by Gasteiger charge is -2.27. The molecular formula is C35H50Cl2N2O5. The summed E-state index contributed by atoms with van der Waals surface area (Å²) in [6, 6.07) is 15.4. The number of hydrogen-bond donors (Lipinski definition) is 1. The molecular weight excluding hydrogens is 599 g/mol. The van der Waals surface area contributed by atoms with Crippen LogP contribution in [0, 0.1) is 0 Å². The second-order valence-electron chi connectivity index (χ2n) is 10.9. The van der Waals surface area contributed by atoms with Crippen molar-refractivity contribution >= 4 is 46.7 Å². The largest absolute Gasteiger partial charge is 0.464 e. The van der Waals surface area contributed by atoms with Crippen molar-refractivity contribution in [3.05, 3.63) is 65.7 Å². The van der Waals surface area contributed by atoms with E-state index in [9.17, 15) is 14.4 Å². The number of rotatable bonds is 23. The van der Waals surface area contributed by atoms with Crippen LogP contribution in [0.25, 0.3) is 0 Å². The minimum absolute atomic E-state index is 0.0368. The van der Waals surface area contributed by atoms with Gasteiger partial charge in [0.05, 0.1) is 13.0 Å². The van der Waals surface area contributed by atoms with Crippen LogP contribution >= 0.6 is 23.2 Å². The maximum Gasteiger partial charge on any atom is 0.332 e. The van der Waals surface area contributed by atoms with Gasteiger partial charge in [-0.2, -0.15) is 0 Å². The highest BCUT2D eigenvalue weighted by molar-refractivity contribution is 6.18. The molecule has 244 valence electrons. The Bertz CT molecular complexity index is 1080. The van der Waals surface area contributed by atoms with E-state index in [2.05, 4.69) is 17.1 Å². The Morgan fingerprint density at radius 1 is 0.795 bits per heavy atom. The third-order valence-corrected chi connectivity index (χ3v) is 7.74. The fraction of sp³-hybridized carbons (Fsp3) is 0.571. The lowest BCUT2D eigenvalue weighted by Crippen LogP contribution is -2.47. The van der Waals surface area contributed by atoms with Crippen LogP contribution in [0.2, 0.25) is 0 Å². The molecule has 0 bridgehead atoms. The van der Waals surface area contributed by atoms with Crippen molar-refractivity contribution in [1.82, 2.24) is 5.32 Å².